The van der Waals surface area contributed by atoms with Gasteiger partial charge in [0.15, 0.2) is 11.5 Å². The number of rotatable bonds is 10. The molecule has 0 bridgehead atoms. The Kier molecular flexibility index (Phi) is 8.71. The van der Waals surface area contributed by atoms with Crippen molar-refractivity contribution >= 4 is 35.0 Å². The van der Waals surface area contributed by atoms with Crippen molar-refractivity contribution in [2.75, 3.05) is 31.5 Å². The Morgan fingerprint density at radius 1 is 0.974 bits per heavy atom. The van der Waals surface area contributed by atoms with E-state index in [1.165, 1.54) is 56.7 Å². The number of ether oxygens (including phenoxy) is 3. The van der Waals surface area contributed by atoms with Crippen molar-refractivity contribution in [3.05, 3.63) is 87.5 Å². The maximum Gasteiger partial charge on any atom is 0.338 e. The van der Waals surface area contributed by atoms with Gasteiger partial charge in [0.2, 0.25) is 5.91 Å². The first kappa shape index (κ1) is 28.4. The largest absolute Gasteiger partial charge is 0.493 e. The zero-order chi connectivity index (χ0) is 28.7. The van der Waals surface area contributed by atoms with Gasteiger partial charge in [0, 0.05) is 11.8 Å². The zero-order valence-electron chi connectivity index (χ0n) is 21.8. The van der Waals surface area contributed by atoms with Crippen LogP contribution in [0.15, 0.2) is 60.7 Å². The lowest BCUT2D eigenvalue weighted by Gasteiger charge is -2.30. The lowest BCUT2D eigenvalue weighted by atomic mass is 9.73. The molecule has 3 aromatic carbocycles. The SMILES string of the molecule is CCOC(=O)c1cc(OC)c(OC)cc1C(C)(C(N)=O)c1ccc(NC(=O)Nc2ccccc2[N+](=O)[O-])cc1. The van der Waals surface area contributed by atoms with E-state index in [0.717, 1.165) is 0 Å². The fraction of sp³-hybridized carbons (Fsp3) is 0.222. The average Bonchev–Trinajstić information content (AvgIpc) is 2.92. The van der Waals surface area contributed by atoms with Crippen LogP contribution in [0.1, 0.15) is 35.3 Å². The number of nitrogens with one attached hydrogen (secondary N) is 2. The normalized spacial score (nSPS) is 12.0. The van der Waals surface area contributed by atoms with Crippen molar-refractivity contribution in [3.63, 3.8) is 0 Å². The number of carbonyl (C=O) groups excluding carboxylic acids is 3. The summed E-state index contributed by atoms with van der Waals surface area (Å²) in [6, 6.07) is 14.1. The summed E-state index contributed by atoms with van der Waals surface area (Å²) in [5, 5.41) is 16.2. The summed E-state index contributed by atoms with van der Waals surface area (Å²) in [6.07, 6.45) is 0. The van der Waals surface area contributed by atoms with Crippen LogP contribution >= 0.6 is 0 Å². The van der Waals surface area contributed by atoms with Gasteiger partial charge in [-0.15, -0.1) is 0 Å². The number of nitro groups is 1. The molecule has 3 amide bonds. The number of benzene rings is 3. The molecule has 3 rings (SSSR count). The van der Waals surface area contributed by atoms with E-state index in [4.69, 9.17) is 19.9 Å². The molecule has 0 aromatic heterocycles. The summed E-state index contributed by atoms with van der Waals surface area (Å²) < 4.78 is 15.9. The summed E-state index contributed by atoms with van der Waals surface area (Å²) in [6.45, 7) is 3.32. The van der Waals surface area contributed by atoms with E-state index in [2.05, 4.69) is 10.6 Å². The quantitative estimate of drug-likeness (QED) is 0.196. The highest BCUT2D eigenvalue weighted by Crippen LogP contribution is 2.40. The molecule has 0 aliphatic rings. The van der Waals surface area contributed by atoms with Crippen molar-refractivity contribution in [2.24, 2.45) is 5.73 Å². The van der Waals surface area contributed by atoms with Crippen LogP contribution in [-0.4, -0.2) is 43.7 Å². The van der Waals surface area contributed by atoms with Crippen LogP contribution in [0.3, 0.4) is 0 Å². The van der Waals surface area contributed by atoms with Gasteiger partial charge in [-0.2, -0.15) is 0 Å². The molecule has 1 unspecified atom stereocenters. The van der Waals surface area contributed by atoms with Gasteiger partial charge in [-0.05, 0) is 55.3 Å². The summed E-state index contributed by atoms with van der Waals surface area (Å²) in [5.74, 6) is -0.890. The van der Waals surface area contributed by atoms with E-state index in [9.17, 15) is 24.5 Å². The molecule has 0 radical (unpaired) electrons. The fourth-order valence-electron chi connectivity index (χ4n) is 4.01. The lowest BCUT2D eigenvalue weighted by Crippen LogP contribution is -2.41. The van der Waals surface area contributed by atoms with Crippen LogP contribution in [0.2, 0.25) is 0 Å². The topological polar surface area (TPSA) is 172 Å². The molecule has 1 atom stereocenters. The molecular formula is C27H28N4O8. The standard InChI is InChI=1S/C27H28N4O8/c1-5-39-24(32)18-14-22(37-3)23(38-4)15-19(18)27(2,25(28)33)16-10-12-17(13-11-16)29-26(34)30-20-8-6-7-9-21(20)31(35)36/h6-15H,5H2,1-4H3,(H2,28,33)(H2,29,30,34). The number of methoxy groups -OCH3 is 2. The van der Waals surface area contributed by atoms with Crippen molar-refractivity contribution in [2.45, 2.75) is 19.3 Å². The van der Waals surface area contributed by atoms with E-state index in [-0.39, 0.29) is 40.6 Å². The highest BCUT2D eigenvalue weighted by Gasteiger charge is 2.40. The Bertz CT molecular complexity index is 1410. The number of hydrogen-bond acceptors (Lipinski definition) is 8. The second kappa shape index (κ2) is 11.9. The Morgan fingerprint density at radius 2 is 1.59 bits per heavy atom. The number of urea groups is 1. The van der Waals surface area contributed by atoms with Gasteiger partial charge in [-0.25, -0.2) is 9.59 Å². The first-order valence-corrected chi connectivity index (χ1v) is 11.7. The molecule has 4 N–H and O–H groups in total. The predicted octanol–water partition coefficient (Wildman–Crippen LogP) is 4.22. The molecule has 0 fully saturated rings. The van der Waals surface area contributed by atoms with Crippen LogP contribution in [0, 0.1) is 10.1 Å². The third kappa shape index (κ3) is 5.90. The first-order valence-electron chi connectivity index (χ1n) is 11.7. The van der Waals surface area contributed by atoms with Gasteiger partial charge >= 0.3 is 12.0 Å². The van der Waals surface area contributed by atoms with Crippen LogP contribution in [-0.2, 0) is 14.9 Å². The smallest absolute Gasteiger partial charge is 0.338 e. The van der Waals surface area contributed by atoms with Crippen molar-refractivity contribution in [3.8, 4) is 11.5 Å². The van der Waals surface area contributed by atoms with E-state index in [1.807, 2.05) is 0 Å². The van der Waals surface area contributed by atoms with Gasteiger partial charge in [0.25, 0.3) is 5.69 Å². The third-order valence-corrected chi connectivity index (χ3v) is 6.12. The lowest BCUT2D eigenvalue weighted by molar-refractivity contribution is -0.383. The molecule has 204 valence electrons. The minimum absolute atomic E-state index is 0.0258. The summed E-state index contributed by atoms with van der Waals surface area (Å²) in [4.78, 5) is 48.9. The Balaban J connectivity index is 1.98. The van der Waals surface area contributed by atoms with Gasteiger partial charge in [-0.1, -0.05) is 24.3 Å². The molecule has 0 saturated heterocycles. The Morgan fingerprint density at radius 3 is 2.15 bits per heavy atom. The highest BCUT2D eigenvalue weighted by molar-refractivity contribution is 6.01. The van der Waals surface area contributed by atoms with Crippen LogP contribution in [0.4, 0.5) is 21.9 Å². The Hall–Kier alpha value is -5.13. The van der Waals surface area contributed by atoms with Gasteiger partial charge < -0.3 is 30.6 Å². The van der Waals surface area contributed by atoms with Crippen molar-refractivity contribution in [1.29, 1.82) is 0 Å². The van der Waals surface area contributed by atoms with Crippen LogP contribution in [0.5, 0.6) is 11.5 Å². The van der Waals surface area contributed by atoms with Gasteiger partial charge in [0.05, 0.1) is 36.7 Å². The molecule has 0 aliphatic heterocycles. The van der Waals surface area contributed by atoms with E-state index >= 15 is 0 Å². The van der Waals surface area contributed by atoms with Crippen LogP contribution < -0.4 is 25.8 Å². The number of amides is 3. The minimum atomic E-state index is -1.52. The number of nitro benzene ring substituents is 1. The monoisotopic (exact) mass is 536 g/mol. The number of carbonyl (C=O) groups is 3. The molecule has 0 aliphatic carbocycles. The van der Waals surface area contributed by atoms with Gasteiger partial charge in [0.1, 0.15) is 5.69 Å². The molecule has 12 heteroatoms. The van der Waals surface area contributed by atoms with Crippen molar-refractivity contribution in [1.82, 2.24) is 0 Å². The number of esters is 1. The molecule has 0 saturated carbocycles. The van der Waals surface area contributed by atoms with Crippen molar-refractivity contribution < 1.29 is 33.5 Å². The highest BCUT2D eigenvalue weighted by atomic mass is 16.6. The molecule has 12 nitrogen and oxygen atoms in total. The van der Waals surface area contributed by atoms with Gasteiger partial charge in [-0.3, -0.25) is 14.9 Å². The number of primary amides is 1. The number of hydrogen-bond donors (Lipinski definition) is 3. The summed E-state index contributed by atoms with van der Waals surface area (Å²) in [5.41, 5.74) is 5.19. The molecule has 0 heterocycles. The minimum Gasteiger partial charge on any atom is -0.493 e. The first-order chi connectivity index (χ1) is 18.6. The summed E-state index contributed by atoms with van der Waals surface area (Å²) >= 11 is 0. The molecule has 0 spiro atoms. The van der Waals surface area contributed by atoms with Crippen LogP contribution in [0.25, 0.3) is 0 Å². The number of nitrogens with two attached hydrogens (primary N) is 1. The predicted molar refractivity (Wildman–Crippen MR) is 143 cm³/mol. The Labute approximate surface area is 224 Å². The third-order valence-electron chi connectivity index (χ3n) is 6.12. The maximum absolute atomic E-state index is 12.9. The second-order valence-corrected chi connectivity index (χ2v) is 8.39. The maximum atomic E-state index is 12.9. The second-order valence-electron chi connectivity index (χ2n) is 8.39. The fourth-order valence-corrected chi connectivity index (χ4v) is 4.01. The molecule has 39 heavy (non-hydrogen) atoms. The zero-order valence-corrected chi connectivity index (χ0v) is 21.8. The van der Waals surface area contributed by atoms with E-state index in [1.54, 1.807) is 32.0 Å². The number of nitrogens with zero attached hydrogens (tertiary/aromatic N) is 1. The van der Waals surface area contributed by atoms with E-state index < -0.39 is 28.2 Å². The molecular weight excluding hydrogens is 508 g/mol. The average molecular weight is 537 g/mol. The molecule has 3 aromatic rings. The number of para-hydroxylation sites is 2. The van der Waals surface area contributed by atoms with E-state index in [0.29, 0.717) is 11.3 Å². The summed E-state index contributed by atoms with van der Waals surface area (Å²) in [7, 11) is 2.83. The number of anilines is 2.